The highest BCUT2D eigenvalue weighted by Crippen LogP contribution is 2.23. The number of ether oxygens (including phenoxy) is 1. The van der Waals surface area contributed by atoms with E-state index in [4.69, 9.17) is 9.84 Å². The van der Waals surface area contributed by atoms with Gasteiger partial charge in [0, 0.05) is 0 Å². The van der Waals surface area contributed by atoms with Crippen LogP contribution in [0, 0.1) is 5.82 Å². The minimum Gasteiger partial charge on any atom is -0.479 e. The highest BCUT2D eigenvalue weighted by Gasteiger charge is 2.33. The molecule has 0 saturated carbocycles. The lowest BCUT2D eigenvalue weighted by molar-refractivity contribution is -0.148. The van der Waals surface area contributed by atoms with Gasteiger partial charge < -0.3 is 9.84 Å². The first-order valence-corrected chi connectivity index (χ1v) is 7.40. The van der Waals surface area contributed by atoms with Crippen molar-refractivity contribution in [2.45, 2.75) is 29.9 Å². The largest absolute Gasteiger partial charge is 0.479 e. The van der Waals surface area contributed by atoms with E-state index in [2.05, 4.69) is 0 Å². The van der Waals surface area contributed by atoms with Crippen LogP contribution in [0.15, 0.2) is 29.2 Å². The number of benzene rings is 1. The lowest BCUT2D eigenvalue weighted by atomic mass is 10.2. The molecule has 1 saturated heterocycles. The minimum absolute atomic E-state index is 0.0104. The van der Waals surface area contributed by atoms with Crippen LogP contribution in [0.25, 0.3) is 0 Å². The predicted molar refractivity (Wildman–Crippen MR) is 64.0 cm³/mol. The fourth-order valence-electron chi connectivity index (χ4n) is 1.99. The summed E-state index contributed by atoms with van der Waals surface area (Å²) < 4.78 is 41.9. The van der Waals surface area contributed by atoms with E-state index in [0.29, 0.717) is 12.8 Å². The molecular weight excluding hydrogens is 275 g/mol. The van der Waals surface area contributed by atoms with Crippen molar-refractivity contribution in [3.05, 3.63) is 30.1 Å². The van der Waals surface area contributed by atoms with Crippen molar-refractivity contribution in [3.8, 4) is 0 Å². The molecule has 1 N–H and O–H groups in total. The van der Waals surface area contributed by atoms with Crippen LogP contribution in [0.3, 0.4) is 0 Å². The van der Waals surface area contributed by atoms with Gasteiger partial charge in [0.1, 0.15) is 5.82 Å². The van der Waals surface area contributed by atoms with Gasteiger partial charge in [-0.05, 0) is 37.1 Å². The summed E-state index contributed by atoms with van der Waals surface area (Å²) in [6.45, 7) is 0. The standard InChI is InChI=1S/C12H13FO5S/c13-8-1-4-10(5-2-8)19(16,17)7-9-3-6-11(18-9)12(14)15/h1-2,4-5,9,11H,3,6-7H2,(H,14,15). The van der Waals surface area contributed by atoms with Gasteiger partial charge in [-0.1, -0.05) is 0 Å². The van der Waals surface area contributed by atoms with Crippen LogP contribution in [0.1, 0.15) is 12.8 Å². The first-order chi connectivity index (χ1) is 8.88. The van der Waals surface area contributed by atoms with E-state index < -0.39 is 33.8 Å². The molecule has 0 spiro atoms. The van der Waals surface area contributed by atoms with Crippen molar-refractivity contribution in [1.29, 1.82) is 0 Å². The third kappa shape index (κ3) is 3.30. The molecule has 2 atom stereocenters. The van der Waals surface area contributed by atoms with Gasteiger partial charge in [0.2, 0.25) is 0 Å². The van der Waals surface area contributed by atoms with Gasteiger partial charge in [-0.2, -0.15) is 0 Å². The first kappa shape index (κ1) is 14.0. The molecule has 0 amide bonds. The van der Waals surface area contributed by atoms with Crippen molar-refractivity contribution in [2.75, 3.05) is 5.75 Å². The summed E-state index contributed by atoms with van der Waals surface area (Å²) in [7, 11) is -3.59. The van der Waals surface area contributed by atoms with Crippen LogP contribution >= 0.6 is 0 Å². The predicted octanol–water partition coefficient (Wildman–Crippen LogP) is 1.23. The van der Waals surface area contributed by atoms with Gasteiger partial charge in [0.05, 0.1) is 16.8 Å². The summed E-state index contributed by atoms with van der Waals surface area (Å²) in [5.74, 6) is -1.88. The molecule has 1 heterocycles. The Morgan fingerprint density at radius 2 is 1.95 bits per heavy atom. The third-order valence-corrected chi connectivity index (χ3v) is 4.76. The lowest BCUT2D eigenvalue weighted by Crippen LogP contribution is -2.25. The zero-order valence-electron chi connectivity index (χ0n) is 9.95. The Balaban J connectivity index is 2.06. The van der Waals surface area contributed by atoms with Crippen molar-refractivity contribution in [2.24, 2.45) is 0 Å². The number of hydrogen-bond donors (Lipinski definition) is 1. The molecular formula is C12H13FO5S. The molecule has 2 rings (SSSR count). The molecule has 1 aromatic carbocycles. The average Bonchev–Trinajstić information content (AvgIpc) is 2.77. The molecule has 104 valence electrons. The van der Waals surface area contributed by atoms with E-state index in [1.165, 1.54) is 12.1 Å². The Hall–Kier alpha value is -1.47. The second-order valence-electron chi connectivity index (χ2n) is 4.40. The number of carboxylic acid groups (broad SMARTS) is 1. The van der Waals surface area contributed by atoms with Crippen LogP contribution in [0.4, 0.5) is 4.39 Å². The fraction of sp³-hybridized carbons (Fsp3) is 0.417. The Kier molecular flexibility index (Phi) is 3.86. The summed E-state index contributed by atoms with van der Waals surface area (Å²) in [5, 5.41) is 8.76. The molecule has 2 unspecified atom stereocenters. The normalized spacial score (nSPS) is 23.4. The van der Waals surface area contributed by atoms with Gasteiger partial charge in [-0.15, -0.1) is 0 Å². The first-order valence-electron chi connectivity index (χ1n) is 5.75. The average molecular weight is 288 g/mol. The monoisotopic (exact) mass is 288 g/mol. The second kappa shape index (κ2) is 5.26. The van der Waals surface area contributed by atoms with E-state index in [-0.39, 0.29) is 10.6 Å². The van der Waals surface area contributed by atoms with E-state index in [9.17, 15) is 17.6 Å². The maximum Gasteiger partial charge on any atom is 0.332 e. The van der Waals surface area contributed by atoms with Crippen LogP contribution in [-0.2, 0) is 19.4 Å². The summed E-state index contributed by atoms with van der Waals surface area (Å²) >= 11 is 0. The molecule has 0 aromatic heterocycles. The van der Waals surface area contributed by atoms with Crippen molar-refractivity contribution in [1.82, 2.24) is 0 Å². The number of carboxylic acids is 1. The molecule has 0 radical (unpaired) electrons. The molecule has 0 aliphatic carbocycles. The topological polar surface area (TPSA) is 80.7 Å². The van der Waals surface area contributed by atoms with Gasteiger partial charge in [-0.25, -0.2) is 17.6 Å². The van der Waals surface area contributed by atoms with E-state index in [1.807, 2.05) is 0 Å². The number of sulfone groups is 1. The Labute approximate surface area is 109 Å². The SMILES string of the molecule is O=C(O)C1CCC(CS(=O)(=O)c2ccc(F)cc2)O1. The fourth-order valence-corrected chi connectivity index (χ4v) is 3.47. The highest BCUT2D eigenvalue weighted by atomic mass is 32.2. The molecule has 1 aromatic rings. The maximum absolute atomic E-state index is 12.7. The summed E-state index contributed by atoms with van der Waals surface area (Å²) in [5.41, 5.74) is 0. The van der Waals surface area contributed by atoms with Crippen LogP contribution in [0.2, 0.25) is 0 Å². The Bertz CT molecular complexity index is 566. The zero-order valence-corrected chi connectivity index (χ0v) is 10.8. The molecule has 1 aliphatic heterocycles. The molecule has 1 fully saturated rings. The lowest BCUT2D eigenvalue weighted by Gasteiger charge is -2.11. The number of hydrogen-bond acceptors (Lipinski definition) is 4. The van der Waals surface area contributed by atoms with E-state index >= 15 is 0 Å². The van der Waals surface area contributed by atoms with E-state index in [0.717, 1.165) is 12.1 Å². The quantitative estimate of drug-likeness (QED) is 0.843. The highest BCUT2D eigenvalue weighted by molar-refractivity contribution is 7.91. The van der Waals surface area contributed by atoms with Gasteiger partial charge in [0.15, 0.2) is 15.9 Å². The molecule has 7 heteroatoms. The number of aliphatic carboxylic acids is 1. The van der Waals surface area contributed by atoms with Crippen LogP contribution in [-0.4, -0.2) is 37.5 Å². The van der Waals surface area contributed by atoms with Crippen molar-refractivity contribution in [3.63, 3.8) is 0 Å². The molecule has 19 heavy (non-hydrogen) atoms. The third-order valence-electron chi connectivity index (χ3n) is 2.96. The zero-order chi connectivity index (χ0) is 14.0. The maximum atomic E-state index is 12.7. The van der Waals surface area contributed by atoms with Gasteiger partial charge in [0.25, 0.3) is 0 Å². The molecule has 5 nitrogen and oxygen atoms in total. The second-order valence-corrected chi connectivity index (χ2v) is 6.43. The summed E-state index contributed by atoms with van der Waals surface area (Å²) in [6.07, 6.45) is -0.874. The number of halogens is 1. The smallest absolute Gasteiger partial charge is 0.332 e. The summed E-state index contributed by atoms with van der Waals surface area (Å²) in [4.78, 5) is 10.7. The summed E-state index contributed by atoms with van der Waals surface area (Å²) in [6, 6.07) is 4.52. The minimum atomic E-state index is -3.59. The van der Waals surface area contributed by atoms with Crippen molar-refractivity contribution >= 4 is 15.8 Å². The van der Waals surface area contributed by atoms with Gasteiger partial charge in [-0.3, -0.25) is 0 Å². The van der Waals surface area contributed by atoms with Gasteiger partial charge >= 0.3 is 5.97 Å². The van der Waals surface area contributed by atoms with Crippen LogP contribution < -0.4 is 0 Å². The molecule has 1 aliphatic rings. The number of carbonyl (C=O) groups is 1. The van der Waals surface area contributed by atoms with E-state index in [1.54, 1.807) is 0 Å². The van der Waals surface area contributed by atoms with Crippen LogP contribution in [0.5, 0.6) is 0 Å². The number of rotatable bonds is 4. The Morgan fingerprint density at radius 3 is 2.47 bits per heavy atom. The van der Waals surface area contributed by atoms with Crippen molar-refractivity contribution < 1.29 is 27.4 Å². The molecule has 0 bridgehead atoms. The Morgan fingerprint density at radius 1 is 1.32 bits per heavy atom.